The van der Waals surface area contributed by atoms with E-state index in [4.69, 9.17) is 5.73 Å². The van der Waals surface area contributed by atoms with Crippen molar-refractivity contribution in [2.75, 3.05) is 24.8 Å². The first kappa shape index (κ1) is 12.8. The number of hydrogen-bond donors (Lipinski definition) is 2. The molecule has 0 bridgehead atoms. The first-order valence-corrected chi connectivity index (χ1v) is 6.43. The van der Waals surface area contributed by atoms with E-state index in [2.05, 4.69) is 22.1 Å². The Morgan fingerprint density at radius 1 is 1.69 bits per heavy atom. The molecule has 1 aromatic rings. The van der Waals surface area contributed by atoms with Gasteiger partial charge in [-0.3, -0.25) is 9.89 Å². The number of H-pyrrole nitrogens is 1. The van der Waals surface area contributed by atoms with Crippen LogP contribution in [0.4, 0.5) is 5.95 Å². The number of amides is 1. The van der Waals surface area contributed by atoms with Crippen molar-refractivity contribution < 1.29 is 4.79 Å². The number of carbonyl (C=O) groups excluding carboxylic acids is 1. The van der Waals surface area contributed by atoms with Crippen LogP contribution in [-0.2, 0) is 0 Å². The molecule has 1 atom stereocenters. The highest BCUT2D eigenvalue weighted by molar-refractivity contribution is 7.98. The third-order valence-corrected chi connectivity index (χ3v) is 3.12. The van der Waals surface area contributed by atoms with E-state index >= 15 is 0 Å². The van der Waals surface area contributed by atoms with Gasteiger partial charge in [0.25, 0.3) is 5.91 Å². The molecule has 0 fully saturated rings. The summed E-state index contributed by atoms with van der Waals surface area (Å²) in [7, 11) is 1.77. The average Bonchev–Trinajstić information content (AvgIpc) is 2.70. The molecule has 1 amide bonds. The summed E-state index contributed by atoms with van der Waals surface area (Å²) in [4.78, 5) is 17.5. The molecule has 7 heteroatoms. The van der Waals surface area contributed by atoms with Gasteiger partial charge in [0.15, 0.2) is 0 Å². The molecule has 0 spiro atoms. The minimum Gasteiger partial charge on any atom is -0.366 e. The van der Waals surface area contributed by atoms with Crippen LogP contribution >= 0.6 is 11.8 Å². The molecule has 0 aromatic carbocycles. The largest absolute Gasteiger partial charge is 0.366 e. The number of carbonyl (C=O) groups is 1. The first-order chi connectivity index (χ1) is 7.60. The lowest BCUT2D eigenvalue weighted by Crippen LogP contribution is -2.38. The number of nitrogens with two attached hydrogens (primary N) is 1. The summed E-state index contributed by atoms with van der Waals surface area (Å²) in [6, 6.07) is 0.203. The quantitative estimate of drug-likeness (QED) is 0.790. The Morgan fingerprint density at radius 3 is 2.81 bits per heavy atom. The van der Waals surface area contributed by atoms with Gasteiger partial charge in [0.2, 0.25) is 11.8 Å². The molecule has 16 heavy (non-hydrogen) atoms. The topological polar surface area (TPSA) is 87.9 Å². The lowest BCUT2D eigenvalue weighted by molar-refractivity contribution is 0.0732. The molecule has 1 unspecified atom stereocenters. The Bertz CT molecular complexity index is 353. The van der Waals surface area contributed by atoms with E-state index in [0.717, 1.165) is 12.2 Å². The number of nitrogen functional groups attached to an aromatic ring is 1. The SMILES string of the molecule is CCC(CSC)N(C)C(=O)c1nc(N)n[nH]1. The minimum absolute atomic E-state index is 0.0923. The second kappa shape index (κ2) is 5.74. The summed E-state index contributed by atoms with van der Waals surface area (Å²) in [5.41, 5.74) is 5.36. The Morgan fingerprint density at radius 2 is 2.38 bits per heavy atom. The van der Waals surface area contributed by atoms with Crippen LogP contribution in [-0.4, -0.2) is 51.1 Å². The van der Waals surface area contributed by atoms with Gasteiger partial charge in [-0.2, -0.15) is 16.7 Å². The number of thioether (sulfide) groups is 1. The molecule has 1 heterocycles. The van der Waals surface area contributed by atoms with E-state index in [1.54, 1.807) is 23.7 Å². The number of nitrogens with one attached hydrogen (secondary N) is 1. The summed E-state index contributed by atoms with van der Waals surface area (Å²) in [6.45, 7) is 2.05. The lowest BCUT2D eigenvalue weighted by atomic mass is 10.2. The standard InChI is InChI=1S/C9H17N5OS/c1-4-6(5-16-3)14(2)8(15)7-11-9(10)13-12-7/h6H,4-5H2,1-3H3,(H3,10,11,12,13). The van der Waals surface area contributed by atoms with Crippen molar-refractivity contribution in [3.63, 3.8) is 0 Å². The van der Waals surface area contributed by atoms with Gasteiger partial charge < -0.3 is 10.6 Å². The molecular weight excluding hydrogens is 226 g/mol. The highest BCUT2D eigenvalue weighted by Crippen LogP contribution is 2.10. The Kier molecular flexibility index (Phi) is 4.60. The Hall–Kier alpha value is -1.24. The minimum atomic E-state index is -0.176. The number of hydrogen-bond acceptors (Lipinski definition) is 5. The van der Waals surface area contributed by atoms with Crippen LogP contribution < -0.4 is 5.73 Å². The molecule has 0 saturated carbocycles. The van der Waals surface area contributed by atoms with Gasteiger partial charge in [-0.15, -0.1) is 5.10 Å². The maximum absolute atomic E-state index is 12.0. The summed E-state index contributed by atoms with van der Waals surface area (Å²) >= 11 is 1.72. The Balaban J connectivity index is 2.72. The molecule has 0 aliphatic carbocycles. The monoisotopic (exact) mass is 243 g/mol. The number of rotatable bonds is 5. The third kappa shape index (κ3) is 2.88. The maximum atomic E-state index is 12.0. The van der Waals surface area contributed by atoms with Crippen LogP contribution in [0.5, 0.6) is 0 Å². The number of aromatic nitrogens is 3. The van der Waals surface area contributed by atoms with Gasteiger partial charge in [0.05, 0.1) is 0 Å². The van der Waals surface area contributed by atoms with E-state index in [0.29, 0.717) is 0 Å². The zero-order chi connectivity index (χ0) is 12.1. The number of aromatic amines is 1. The van der Waals surface area contributed by atoms with Crippen molar-refractivity contribution >= 4 is 23.6 Å². The third-order valence-electron chi connectivity index (χ3n) is 2.40. The molecule has 1 rings (SSSR count). The molecule has 1 aromatic heterocycles. The molecule has 0 radical (unpaired) electrons. The first-order valence-electron chi connectivity index (χ1n) is 5.04. The van der Waals surface area contributed by atoms with Crippen LogP contribution in [0, 0.1) is 0 Å². The van der Waals surface area contributed by atoms with Crippen molar-refractivity contribution in [1.29, 1.82) is 0 Å². The van der Waals surface area contributed by atoms with Crippen molar-refractivity contribution in [2.45, 2.75) is 19.4 Å². The summed E-state index contributed by atoms with van der Waals surface area (Å²) in [5, 5.41) is 6.16. The smallest absolute Gasteiger partial charge is 0.291 e. The van der Waals surface area contributed by atoms with E-state index in [1.165, 1.54) is 0 Å². The van der Waals surface area contributed by atoms with Crippen molar-refractivity contribution in [3.8, 4) is 0 Å². The van der Waals surface area contributed by atoms with Crippen LogP contribution in [0.15, 0.2) is 0 Å². The zero-order valence-corrected chi connectivity index (χ0v) is 10.5. The van der Waals surface area contributed by atoms with E-state index in [1.807, 2.05) is 6.26 Å². The van der Waals surface area contributed by atoms with Gasteiger partial charge in [-0.05, 0) is 12.7 Å². The highest BCUT2D eigenvalue weighted by atomic mass is 32.2. The van der Waals surface area contributed by atoms with Crippen molar-refractivity contribution in [3.05, 3.63) is 5.82 Å². The zero-order valence-electron chi connectivity index (χ0n) is 9.73. The fourth-order valence-corrected chi connectivity index (χ4v) is 2.24. The van der Waals surface area contributed by atoms with Crippen LogP contribution in [0.1, 0.15) is 24.0 Å². The molecule has 0 aliphatic rings. The van der Waals surface area contributed by atoms with Crippen LogP contribution in [0.3, 0.4) is 0 Å². The molecule has 0 saturated heterocycles. The van der Waals surface area contributed by atoms with Crippen LogP contribution in [0.2, 0.25) is 0 Å². The van der Waals surface area contributed by atoms with Gasteiger partial charge >= 0.3 is 0 Å². The van der Waals surface area contributed by atoms with Crippen LogP contribution in [0.25, 0.3) is 0 Å². The number of nitrogens with zero attached hydrogens (tertiary/aromatic N) is 3. The van der Waals surface area contributed by atoms with Gasteiger partial charge in [-0.1, -0.05) is 6.92 Å². The van der Waals surface area contributed by atoms with Gasteiger partial charge in [0.1, 0.15) is 0 Å². The van der Waals surface area contributed by atoms with Crippen molar-refractivity contribution in [2.24, 2.45) is 0 Å². The van der Waals surface area contributed by atoms with Crippen molar-refractivity contribution in [1.82, 2.24) is 20.1 Å². The van der Waals surface area contributed by atoms with E-state index in [9.17, 15) is 4.79 Å². The molecular formula is C9H17N5OS. The van der Waals surface area contributed by atoms with Gasteiger partial charge in [0, 0.05) is 18.8 Å². The highest BCUT2D eigenvalue weighted by Gasteiger charge is 2.21. The summed E-state index contributed by atoms with van der Waals surface area (Å²) in [6.07, 6.45) is 2.93. The molecule has 90 valence electrons. The fraction of sp³-hybridized carbons (Fsp3) is 0.667. The predicted molar refractivity (Wildman–Crippen MR) is 65.3 cm³/mol. The second-order valence-electron chi connectivity index (χ2n) is 3.48. The summed E-state index contributed by atoms with van der Waals surface area (Å²) in [5.74, 6) is 1.02. The average molecular weight is 243 g/mol. The molecule has 3 N–H and O–H groups in total. The Labute approximate surface area is 99.0 Å². The number of anilines is 1. The predicted octanol–water partition coefficient (Wildman–Crippen LogP) is 0.601. The molecule has 6 nitrogen and oxygen atoms in total. The summed E-state index contributed by atoms with van der Waals surface area (Å²) < 4.78 is 0. The maximum Gasteiger partial charge on any atom is 0.291 e. The fourth-order valence-electron chi connectivity index (χ4n) is 1.40. The molecule has 0 aliphatic heterocycles. The lowest BCUT2D eigenvalue weighted by Gasteiger charge is -2.25. The van der Waals surface area contributed by atoms with Gasteiger partial charge in [-0.25, -0.2) is 0 Å². The second-order valence-corrected chi connectivity index (χ2v) is 4.39. The van der Waals surface area contributed by atoms with E-state index < -0.39 is 0 Å². The normalized spacial score (nSPS) is 12.4. The van der Waals surface area contributed by atoms with E-state index in [-0.39, 0.29) is 23.7 Å².